The Bertz CT molecular complexity index is 305. The zero-order valence-corrected chi connectivity index (χ0v) is 15.1. The summed E-state index contributed by atoms with van der Waals surface area (Å²) in [5.74, 6) is 1.56. The van der Waals surface area contributed by atoms with Crippen LogP contribution in [-0.4, -0.2) is 37.3 Å². The molecule has 0 bridgehead atoms. The van der Waals surface area contributed by atoms with E-state index in [2.05, 4.69) is 10.6 Å². The van der Waals surface area contributed by atoms with Gasteiger partial charge in [-0.15, -0.1) is 13.1 Å². The first-order valence-electron chi connectivity index (χ1n) is 9.51. The van der Waals surface area contributed by atoms with Crippen molar-refractivity contribution in [2.75, 3.05) is 13.1 Å². The van der Waals surface area contributed by atoms with Crippen molar-refractivity contribution < 1.29 is 17.1 Å². The van der Waals surface area contributed by atoms with E-state index in [0.29, 0.717) is 12.1 Å². The van der Waals surface area contributed by atoms with Crippen molar-refractivity contribution in [3.05, 3.63) is 22.1 Å². The standard InChI is InChI=1S/2C9H16N2.Cu/c2*10-8-5-1-3-7-4-2-6-11-9(7)8;/h2*7-10H,1-6H2;/q2*-2;. The topological polar surface area (TPSA) is 75.8 Å². The molecular formula is C18H32CuN4-4. The van der Waals surface area contributed by atoms with Gasteiger partial charge in [-0.1, -0.05) is 76.0 Å². The van der Waals surface area contributed by atoms with Gasteiger partial charge in [-0.2, -0.15) is 24.2 Å². The fourth-order valence-corrected chi connectivity index (χ4v) is 4.91. The van der Waals surface area contributed by atoms with E-state index >= 15 is 0 Å². The van der Waals surface area contributed by atoms with Crippen LogP contribution in [-0.2, 0) is 17.1 Å². The van der Waals surface area contributed by atoms with E-state index in [9.17, 15) is 0 Å². The van der Waals surface area contributed by atoms with Gasteiger partial charge in [0.25, 0.3) is 0 Å². The number of hydrogen-bond acceptors (Lipinski definition) is 0. The Morgan fingerprint density at radius 3 is 1.35 bits per heavy atom. The summed E-state index contributed by atoms with van der Waals surface area (Å²) in [6.07, 6.45) is 12.6. The van der Waals surface area contributed by atoms with Gasteiger partial charge in [0.05, 0.1) is 0 Å². The predicted octanol–water partition coefficient (Wildman–Crippen LogP) is 5.48. The van der Waals surface area contributed by atoms with E-state index in [1.165, 1.54) is 51.4 Å². The molecule has 2 heterocycles. The average molecular weight is 368 g/mol. The molecule has 0 aromatic heterocycles. The first kappa shape index (κ1) is 19.7. The average Bonchev–Trinajstić information content (AvgIpc) is 2.57. The van der Waals surface area contributed by atoms with Crippen LogP contribution >= 0.6 is 0 Å². The molecule has 0 spiro atoms. The molecule has 2 N–H and O–H groups in total. The second kappa shape index (κ2) is 9.74. The van der Waals surface area contributed by atoms with Crippen LogP contribution in [0.2, 0.25) is 0 Å². The first-order valence-corrected chi connectivity index (χ1v) is 9.51. The van der Waals surface area contributed by atoms with E-state index in [4.69, 9.17) is 11.5 Å². The summed E-state index contributed by atoms with van der Waals surface area (Å²) in [6.45, 7) is 2.05. The third-order valence-corrected chi connectivity index (χ3v) is 6.12. The van der Waals surface area contributed by atoms with Gasteiger partial charge in [-0.25, -0.2) is 0 Å². The van der Waals surface area contributed by atoms with Gasteiger partial charge in [0.1, 0.15) is 0 Å². The largest absolute Gasteiger partial charge is 0.676 e. The third-order valence-electron chi connectivity index (χ3n) is 6.12. The first-order chi connectivity index (χ1) is 10.8. The van der Waals surface area contributed by atoms with Gasteiger partial charge in [0.2, 0.25) is 0 Å². The van der Waals surface area contributed by atoms with Crippen molar-refractivity contribution in [3.63, 3.8) is 0 Å². The maximum absolute atomic E-state index is 7.80. The summed E-state index contributed by atoms with van der Waals surface area (Å²) in [5.41, 5.74) is 15.6. The maximum Gasteiger partial charge on any atom is 0 e. The minimum Gasteiger partial charge on any atom is -0.676 e. The zero-order chi connectivity index (χ0) is 15.4. The van der Waals surface area contributed by atoms with E-state index < -0.39 is 0 Å². The van der Waals surface area contributed by atoms with Gasteiger partial charge in [0, 0.05) is 17.1 Å². The smallest absolute Gasteiger partial charge is 0 e. The molecular weight excluding hydrogens is 336 g/mol. The number of rotatable bonds is 0. The van der Waals surface area contributed by atoms with Gasteiger partial charge < -0.3 is 22.1 Å². The molecule has 0 aromatic carbocycles. The van der Waals surface area contributed by atoms with Crippen LogP contribution < -0.4 is 0 Å². The predicted molar refractivity (Wildman–Crippen MR) is 93.4 cm³/mol. The van der Waals surface area contributed by atoms with Gasteiger partial charge >= 0.3 is 0 Å². The molecule has 6 unspecified atom stereocenters. The van der Waals surface area contributed by atoms with Crippen LogP contribution in [0.5, 0.6) is 0 Å². The third kappa shape index (κ3) is 5.17. The summed E-state index contributed by atoms with van der Waals surface area (Å²) in [7, 11) is 0. The number of fused-ring (bicyclic) bond motifs is 2. The van der Waals surface area contributed by atoms with Gasteiger partial charge in [-0.05, 0) is 0 Å². The van der Waals surface area contributed by atoms with Gasteiger partial charge in [0.15, 0.2) is 0 Å². The Kier molecular flexibility index (Phi) is 8.34. The molecule has 5 heteroatoms. The van der Waals surface area contributed by atoms with E-state index in [1.54, 1.807) is 0 Å². The number of nitrogens with one attached hydrogen (secondary N) is 2. The molecule has 2 saturated carbocycles. The SMILES string of the molecule is [Cu].[NH-]C1CCCC2CCC[N-]C12.[NH-]C1CCCC2CCC[N-]C12. The normalized spacial score (nSPS) is 43.0. The molecule has 139 valence electrons. The molecule has 1 radical (unpaired) electrons. The fraction of sp³-hybridized carbons (Fsp3) is 1.00. The Morgan fingerprint density at radius 2 is 0.957 bits per heavy atom. The van der Waals surface area contributed by atoms with Crippen molar-refractivity contribution in [1.82, 2.24) is 0 Å². The molecule has 0 amide bonds. The molecule has 4 nitrogen and oxygen atoms in total. The minimum atomic E-state index is 0. The molecule has 4 rings (SSSR count). The molecule has 2 aliphatic carbocycles. The maximum atomic E-state index is 7.80. The van der Waals surface area contributed by atoms with Crippen molar-refractivity contribution in [1.29, 1.82) is 0 Å². The second-order valence-corrected chi connectivity index (χ2v) is 7.67. The van der Waals surface area contributed by atoms with Crippen LogP contribution in [0.4, 0.5) is 0 Å². The quantitative estimate of drug-likeness (QED) is 0.508. The zero-order valence-electron chi connectivity index (χ0n) is 14.1. The van der Waals surface area contributed by atoms with Crippen LogP contribution in [0.1, 0.15) is 64.2 Å². The minimum absolute atomic E-state index is 0. The Balaban J connectivity index is 0.000000160. The number of piperidine rings is 2. The molecule has 0 aromatic rings. The molecule has 23 heavy (non-hydrogen) atoms. The van der Waals surface area contributed by atoms with Crippen LogP contribution in [0.25, 0.3) is 22.1 Å². The van der Waals surface area contributed by atoms with Crippen LogP contribution in [0, 0.1) is 11.8 Å². The molecule has 2 saturated heterocycles. The number of hydrogen-bond donors (Lipinski definition) is 0. The van der Waals surface area contributed by atoms with Crippen molar-refractivity contribution >= 4 is 0 Å². The number of nitrogens with zero attached hydrogens (tertiary/aromatic N) is 2. The molecule has 6 atom stereocenters. The molecule has 4 aliphatic rings. The van der Waals surface area contributed by atoms with Gasteiger partial charge in [-0.3, -0.25) is 0 Å². The van der Waals surface area contributed by atoms with E-state index in [1.807, 2.05) is 0 Å². The summed E-state index contributed by atoms with van der Waals surface area (Å²) < 4.78 is 0. The van der Waals surface area contributed by atoms with Crippen LogP contribution in [0.3, 0.4) is 0 Å². The van der Waals surface area contributed by atoms with Crippen molar-refractivity contribution in [2.24, 2.45) is 11.8 Å². The molecule has 2 aliphatic heterocycles. The summed E-state index contributed by atoms with van der Waals surface area (Å²) in [5, 5.41) is 9.09. The summed E-state index contributed by atoms with van der Waals surface area (Å²) in [6, 6.07) is 1.10. The Hall–Kier alpha value is 0.359. The summed E-state index contributed by atoms with van der Waals surface area (Å²) >= 11 is 0. The Morgan fingerprint density at radius 1 is 0.565 bits per heavy atom. The van der Waals surface area contributed by atoms with Crippen molar-refractivity contribution in [2.45, 2.75) is 88.4 Å². The monoisotopic (exact) mass is 367 g/mol. The Labute approximate surface area is 152 Å². The second-order valence-electron chi connectivity index (χ2n) is 7.67. The van der Waals surface area contributed by atoms with E-state index in [0.717, 1.165) is 37.8 Å². The fourth-order valence-electron chi connectivity index (χ4n) is 4.91. The van der Waals surface area contributed by atoms with E-state index in [-0.39, 0.29) is 29.2 Å². The van der Waals surface area contributed by atoms with Crippen LogP contribution in [0.15, 0.2) is 0 Å². The molecule has 4 fully saturated rings. The summed E-state index contributed by atoms with van der Waals surface area (Å²) in [4.78, 5) is 0. The van der Waals surface area contributed by atoms with Crippen molar-refractivity contribution in [3.8, 4) is 0 Å².